The van der Waals surface area contributed by atoms with Crippen LogP contribution in [-0.4, -0.2) is 14.5 Å². The molecule has 0 saturated carbocycles. The maximum Gasteiger partial charge on any atom is 0.0802 e. The number of aromatic nitrogens is 3. The fraction of sp³-hybridized carbons (Fsp3) is 0.0526. The summed E-state index contributed by atoms with van der Waals surface area (Å²) < 4.78 is 2.09. The van der Waals surface area contributed by atoms with E-state index < -0.39 is 0 Å². The molecule has 0 radical (unpaired) electrons. The SMILES string of the molecule is Cn1cc2c(c1)c1ncccc1c1c3ccccc3ncc21. The average molecular weight is 283 g/mol. The summed E-state index contributed by atoms with van der Waals surface area (Å²) in [6, 6.07) is 12.5. The van der Waals surface area contributed by atoms with Crippen molar-refractivity contribution < 1.29 is 0 Å². The van der Waals surface area contributed by atoms with E-state index in [1.165, 1.54) is 32.3 Å². The predicted octanol–water partition coefficient (Wildman–Crippen LogP) is 4.43. The van der Waals surface area contributed by atoms with Crippen molar-refractivity contribution in [3.63, 3.8) is 0 Å². The van der Waals surface area contributed by atoms with Gasteiger partial charge in [-0.1, -0.05) is 24.3 Å². The minimum atomic E-state index is 1.02. The third kappa shape index (κ3) is 1.40. The molecule has 0 unspecified atom stereocenters. The van der Waals surface area contributed by atoms with Crippen LogP contribution in [0.1, 0.15) is 0 Å². The minimum absolute atomic E-state index is 1.02. The Morgan fingerprint density at radius 3 is 2.55 bits per heavy atom. The number of hydrogen-bond donors (Lipinski definition) is 0. The van der Waals surface area contributed by atoms with Gasteiger partial charge in [0.05, 0.1) is 11.0 Å². The Bertz CT molecular complexity index is 1190. The first-order valence-corrected chi connectivity index (χ1v) is 7.33. The van der Waals surface area contributed by atoms with Gasteiger partial charge < -0.3 is 4.57 Å². The lowest BCUT2D eigenvalue weighted by Crippen LogP contribution is -1.86. The molecule has 0 spiro atoms. The lowest BCUT2D eigenvalue weighted by molar-refractivity contribution is 0.934. The number of pyridine rings is 2. The Hall–Kier alpha value is -2.94. The summed E-state index contributed by atoms with van der Waals surface area (Å²) in [5.41, 5.74) is 2.08. The van der Waals surface area contributed by atoms with Crippen LogP contribution in [-0.2, 0) is 7.05 Å². The highest BCUT2D eigenvalue weighted by Crippen LogP contribution is 2.37. The van der Waals surface area contributed by atoms with Gasteiger partial charge in [-0.3, -0.25) is 9.97 Å². The summed E-state index contributed by atoms with van der Waals surface area (Å²) in [5, 5.41) is 7.20. The first-order valence-electron chi connectivity index (χ1n) is 7.33. The van der Waals surface area contributed by atoms with E-state index in [1.54, 1.807) is 0 Å². The zero-order valence-corrected chi connectivity index (χ0v) is 12.1. The minimum Gasteiger partial charge on any atom is -0.356 e. The largest absolute Gasteiger partial charge is 0.356 e. The van der Waals surface area contributed by atoms with E-state index in [0.717, 1.165) is 11.0 Å². The molecule has 2 aromatic carbocycles. The van der Waals surface area contributed by atoms with Gasteiger partial charge in [0, 0.05) is 64.2 Å². The van der Waals surface area contributed by atoms with Crippen molar-refractivity contribution in [3.05, 3.63) is 61.2 Å². The summed E-state index contributed by atoms with van der Waals surface area (Å²) in [4.78, 5) is 9.29. The third-order valence-electron chi connectivity index (χ3n) is 4.35. The first kappa shape index (κ1) is 11.7. The molecule has 0 N–H and O–H groups in total. The monoisotopic (exact) mass is 283 g/mol. The molecule has 0 aliphatic heterocycles. The van der Waals surface area contributed by atoms with E-state index in [-0.39, 0.29) is 0 Å². The third-order valence-corrected chi connectivity index (χ3v) is 4.35. The van der Waals surface area contributed by atoms with Crippen molar-refractivity contribution in [2.45, 2.75) is 0 Å². The highest BCUT2D eigenvalue weighted by molar-refractivity contribution is 6.29. The fourth-order valence-electron chi connectivity index (χ4n) is 3.44. The van der Waals surface area contributed by atoms with Crippen LogP contribution in [0.25, 0.3) is 43.4 Å². The van der Waals surface area contributed by atoms with Crippen LogP contribution in [0.4, 0.5) is 0 Å². The molecule has 22 heavy (non-hydrogen) atoms. The fourth-order valence-corrected chi connectivity index (χ4v) is 3.44. The highest BCUT2D eigenvalue weighted by Gasteiger charge is 2.13. The van der Waals surface area contributed by atoms with E-state index in [2.05, 4.69) is 58.2 Å². The summed E-state index contributed by atoms with van der Waals surface area (Å²) in [7, 11) is 2.05. The lowest BCUT2D eigenvalue weighted by atomic mass is 9.98. The van der Waals surface area contributed by atoms with Crippen molar-refractivity contribution >= 4 is 43.4 Å². The lowest BCUT2D eigenvalue weighted by Gasteiger charge is -2.08. The molecule has 5 rings (SSSR count). The van der Waals surface area contributed by atoms with Gasteiger partial charge in [-0.2, -0.15) is 0 Å². The van der Waals surface area contributed by atoms with E-state index in [1.807, 2.05) is 24.5 Å². The number of nitrogens with zero attached hydrogens (tertiary/aromatic N) is 3. The molecular formula is C19H13N3. The summed E-state index contributed by atoms with van der Waals surface area (Å²) >= 11 is 0. The summed E-state index contributed by atoms with van der Waals surface area (Å²) in [6.07, 6.45) is 8.15. The van der Waals surface area contributed by atoms with E-state index in [4.69, 9.17) is 0 Å². The molecule has 104 valence electrons. The van der Waals surface area contributed by atoms with Gasteiger partial charge in [0.25, 0.3) is 0 Å². The molecule has 0 aliphatic carbocycles. The summed E-state index contributed by atoms with van der Waals surface area (Å²) in [6.45, 7) is 0. The number of aryl methyl sites for hydroxylation is 1. The van der Waals surface area contributed by atoms with Crippen molar-refractivity contribution in [3.8, 4) is 0 Å². The van der Waals surface area contributed by atoms with E-state index in [0.29, 0.717) is 0 Å². The maximum absolute atomic E-state index is 4.65. The smallest absolute Gasteiger partial charge is 0.0802 e. The Morgan fingerprint density at radius 2 is 1.59 bits per heavy atom. The number of fused-ring (bicyclic) bond motifs is 8. The normalized spacial score (nSPS) is 11.9. The van der Waals surface area contributed by atoms with Gasteiger partial charge in [0.1, 0.15) is 0 Å². The topological polar surface area (TPSA) is 30.7 Å². The van der Waals surface area contributed by atoms with Crippen LogP contribution in [0.2, 0.25) is 0 Å². The molecule has 3 nitrogen and oxygen atoms in total. The quantitative estimate of drug-likeness (QED) is 0.394. The standard InChI is InChI=1S/C19H13N3/c1-22-10-15-14-9-21-17-7-3-2-5-12(17)18(14)13-6-4-8-20-19(13)16(15)11-22/h2-11H,1H3. The zero-order valence-electron chi connectivity index (χ0n) is 12.1. The van der Waals surface area contributed by atoms with Gasteiger partial charge in [-0.25, -0.2) is 0 Å². The predicted molar refractivity (Wildman–Crippen MR) is 91.0 cm³/mol. The first-order chi connectivity index (χ1) is 10.8. The number of rotatable bonds is 0. The van der Waals surface area contributed by atoms with Gasteiger partial charge in [0.15, 0.2) is 0 Å². The molecule has 0 fully saturated rings. The maximum atomic E-state index is 4.65. The Balaban J connectivity index is 2.23. The summed E-state index contributed by atoms with van der Waals surface area (Å²) in [5.74, 6) is 0. The van der Waals surface area contributed by atoms with Gasteiger partial charge in [0.2, 0.25) is 0 Å². The highest BCUT2D eigenvalue weighted by atomic mass is 14.9. The second kappa shape index (κ2) is 4.04. The van der Waals surface area contributed by atoms with Crippen molar-refractivity contribution in [2.75, 3.05) is 0 Å². The Morgan fingerprint density at radius 1 is 0.773 bits per heavy atom. The van der Waals surface area contributed by atoms with E-state index in [9.17, 15) is 0 Å². The van der Waals surface area contributed by atoms with Crippen LogP contribution in [0.3, 0.4) is 0 Å². The Kier molecular flexibility index (Phi) is 2.15. The molecule has 0 amide bonds. The molecule has 3 heterocycles. The van der Waals surface area contributed by atoms with Crippen molar-refractivity contribution in [2.24, 2.45) is 7.05 Å². The molecule has 3 aromatic heterocycles. The molecule has 3 heteroatoms. The zero-order chi connectivity index (χ0) is 14.7. The average Bonchev–Trinajstić information content (AvgIpc) is 2.96. The van der Waals surface area contributed by atoms with Crippen LogP contribution in [0.15, 0.2) is 61.2 Å². The molecule has 0 bridgehead atoms. The van der Waals surface area contributed by atoms with Crippen LogP contribution >= 0.6 is 0 Å². The molecule has 0 atom stereocenters. The van der Waals surface area contributed by atoms with Gasteiger partial charge in [-0.05, 0) is 12.1 Å². The van der Waals surface area contributed by atoms with Gasteiger partial charge in [-0.15, -0.1) is 0 Å². The van der Waals surface area contributed by atoms with Crippen molar-refractivity contribution in [1.29, 1.82) is 0 Å². The van der Waals surface area contributed by atoms with Gasteiger partial charge >= 0.3 is 0 Å². The molecular weight excluding hydrogens is 270 g/mol. The second-order valence-electron chi connectivity index (χ2n) is 5.71. The molecule has 5 aromatic rings. The number of para-hydroxylation sites is 1. The van der Waals surface area contributed by atoms with Crippen molar-refractivity contribution in [1.82, 2.24) is 14.5 Å². The Labute approximate surface area is 126 Å². The molecule has 0 aliphatic rings. The second-order valence-corrected chi connectivity index (χ2v) is 5.71. The van der Waals surface area contributed by atoms with Crippen LogP contribution < -0.4 is 0 Å². The number of benzene rings is 2. The van der Waals surface area contributed by atoms with E-state index >= 15 is 0 Å². The van der Waals surface area contributed by atoms with Crippen LogP contribution in [0, 0.1) is 0 Å². The number of hydrogen-bond acceptors (Lipinski definition) is 2. The molecule has 0 saturated heterocycles. The van der Waals surface area contributed by atoms with Crippen LogP contribution in [0.5, 0.6) is 0 Å².